The maximum Gasteiger partial charge on any atom is 0.194 e. The van der Waals surface area contributed by atoms with Gasteiger partial charge < -0.3 is 19.7 Å². The number of methoxy groups -OCH3 is 1. The number of nitrogens with zero attached hydrogens (tertiary/aromatic N) is 3. The molecule has 1 aromatic carbocycles. The third-order valence-electron chi connectivity index (χ3n) is 5.41. The number of rotatable bonds is 12. The maximum atomic E-state index is 5.72. The van der Waals surface area contributed by atoms with Crippen molar-refractivity contribution in [2.24, 2.45) is 10.9 Å². The van der Waals surface area contributed by atoms with Gasteiger partial charge in [-0.15, -0.1) is 0 Å². The van der Waals surface area contributed by atoms with Crippen LogP contribution in [-0.4, -0.2) is 75.4 Å². The largest absolute Gasteiger partial charge is 0.382 e. The Balaban J connectivity index is 1.92. The van der Waals surface area contributed by atoms with Gasteiger partial charge in [0.1, 0.15) is 0 Å². The lowest BCUT2D eigenvalue weighted by Gasteiger charge is -2.22. The molecule has 6 nitrogen and oxygen atoms in total. The summed E-state index contributed by atoms with van der Waals surface area (Å²) in [6.45, 7) is 15.5. The molecule has 1 aliphatic rings. The molecule has 0 radical (unpaired) electrons. The molecule has 1 unspecified atom stereocenters. The van der Waals surface area contributed by atoms with Gasteiger partial charge in [0, 0.05) is 39.2 Å². The lowest BCUT2D eigenvalue weighted by molar-refractivity contribution is 0.0536. The summed E-state index contributed by atoms with van der Waals surface area (Å²) in [5.41, 5.74) is 2.63. The predicted octanol–water partition coefficient (Wildman–Crippen LogP) is 2.98. The first-order valence-electron chi connectivity index (χ1n) is 11.1. The minimum absolute atomic E-state index is 0.563. The van der Waals surface area contributed by atoms with E-state index in [0.717, 1.165) is 58.3 Å². The highest BCUT2D eigenvalue weighted by Crippen LogP contribution is 2.17. The van der Waals surface area contributed by atoms with Crippen LogP contribution in [0.4, 0.5) is 0 Å². The number of likely N-dealkylation sites (tertiary alicyclic amines) is 1. The lowest BCUT2D eigenvalue weighted by Crippen LogP contribution is -2.40. The first-order chi connectivity index (χ1) is 14.2. The Hall–Kier alpha value is -1.63. The highest BCUT2D eigenvalue weighted by Gasteiger charge is 2.24. The Kier molecular flexibility index (Phi) is 11.1. The number of hydrogen-bond acceptors (Lipinski definition) is 4. The van der Waals surface area contributed by atoms with Gasteiger partial charge in [0.15, 0.2) is 5.96 Å². The summed E-state index contributed by atoms with van der Waals surface area (Å²) in [5, 5.41) is 3.46. The standard InChI is InChI=1S/C23H40N4O2/c1-5-24-23(27-12-11-22(18-27)19-29-14-13-28-4)25-16-20-9-8-10-21(15-20)17-26(6-2)7-3/h8-10,15,22H,5-7,11-14,16-19H2,1-4H3,(H,24,25). The lowest BCUT2D eigenvalue weighted by atomic mass is 10.1. The van der Waals surface area contributed by atoms with Crippen LogP contribution >= 0.6 is 0 Å². The van der Waals surface area contributed by atoms with E-state index in [-0.39, 0.29) is 0 Å². The fourth-order valence-corrected chi connectivity index (χ4v) is 3.68. The number of hydrogen-bond donors (Lipinski definition) is 1. The van der Waals surface area contributed by atoms with Gasteiger partial charge in [0.2, 0.25) is 0 Å². The summed E-state index contributed by atoms with van der Waals surface area (Å²) in [5.74, 6) is 1.58. The van der Waals surface area contributed by atoms with Crippen LogP contribution in [0.1, 0.15) is 38.3 Å². The van der Waals surface area contributed by atoms with E-state index >= 15 is 0 Å². The van der Waals surface area contributed by atoms with Crippen molar-refractivity contribution in [2.75, 3.05) is 59.7 Å². The molecular formula is C23H40N4O2. The third-order valence-corrected chi connectivity index (χ3v) is 5.41. The topological polar surface area (TPSA) is 49.3 Å². The van der Waals surface area contributed by atoms with Crippen molar-refractivity contribution in [3.8, 4) is 0 Å². The Morgan fingerprint density at radius 1 is 1.21 bits per heavy atom. The van der Waals surface area contributed by atoms with E-state index in [2.05, 4.69) is 60.2 Å². The third kappa shape index (κ3) is 8.33. The van der Waals surface area contributed by atoms with Crippen LogP contribution in [0, 0.1) is 5.92 Å². The number of benzene rings is 1. The second-order valence-corrected chi connectivity index (χ2v) is 7.62. The van der Waals surface area contributed by atoms with Gasteiger partial charge in [-0.2, -0.15) is 0 Å². The van der Waals surface area contributed by atoms with Gasteiger partial charge in [0.05, 0.1) is 26.4 Å². The van der Waals surface area contributed by atoms with Crippen molar-refractivity contribution >= 4 is 5.96 Å². The maximum absolute atomic E-state index is 5.72. The Bertz CT molecular complexity index is 604. The molecule has 1 saturated heterocycles. The normalized spacial score (nSPS) is 17.3. The van der Waals surface area contributed by atoms with Gasteiger partial charge in [0.25, 0.3) is 0 Å². The molecule has 0 amide bonds. The van der Waals surface area contributed by atoms with Crippen LogP contribution in [0.25, 0.3) is 0 Å². The minimum atomic E-state index is 0.563. The monoisotopic (exact) mass is 404 g/mol. The second kappa shape index (κ2) is 13.6. The smallest absolute Gasteiger partial charge is 0.194 e. The van der Waals surface area contributed by atoms with Crippen molar-refractivity contribution in [1.82, 2.24) is 15.1 Å². The van der Waals surface area contributed by atoms with Crippen LogP contribution in [0.5, 0.6) is 0 Å². The van der Waals surface area contributed by atoms with Gasteiger partial charge >= 0.3 is 0 Å². The first kappa shape index (κ1) is 23.6. The summed E-state index contributed by atoms with van der Waals surface area (Å²) >= 11 is 0. The summed E-state index contributed by atoms with van der Waals surface area (Å²) in [4.78, 5) is 9.73. The van der Waals surface area contributed by atoms with Crippen molar-refractivity contribution in [1.29, 1.82) is 0 Å². The van der Waals surface area contributed by atoms with Crippen LogP contribution in [0.3, 0.4) is 0 Å². The van der Waals surface area contributed by atoms with Gasteiger partial charge in [-0.25, -0.2) is 4.99 Å². The summed E-state index contributed by atoms with van der Waals surface area (Å²) in [7, 11) is 1.71. The molecule has 0 aliphatic carbocycles. The van der Waals surface area contributed by atoms with Gasteiger partial charge in [-0.3, -0.25) is 4.90 Å². The Morgan fingerprint density at radius 3 is 2.72 bits per heavy atom. The molecular weight excluding hydrogens is 364 g/mol. The van der Waals surface area contributed by atoms with E-state index in [1.165, 1.54) is 11.1 Å². The highest BCUT2D eigenvalue weighted by atomic mass is 16.5. The van der Waals surface area contributed by atoms with Crippen LogP contribution in [0.2, 0.25) is 0 Å². The molecule has 1 N–H and O–H groups in total. The molecule has 1 fully saturated rings. The minimum Gasteiger partial charge on any atom is -0.382 e. The molecule has 29 heavy (non-hydrogen) atoms. The van der Waals surface area contributed by atoms with Crippen molar-refractivity contribution in [3.05, 3.63) is 35.4 Å². The number of aliphatic imine (C=N–C) groups is 1. The number of nitrogens with one attached hydrogen (secondary N) is 1. The van der Waals surface area contributed by atoms with Crippen molar-refractivity contribution < 1.29 is 9.47 Å². The molecule has 1 aromatic rings. The SMILES string of the molecule is CCNC(=NCc1cccc(CN(CC)CC)c1)N1CCC(COCCOC)C1. The molecule has 0 bridgehead atoms. The molecule has 1 heterocycles. The predicted molar refractivity (Wildman–Crippen MR) is 120 cm³/mol. The van der Waals surface area contributed by atoms with E-state index in [0.29, 0.717) is 25.7 Å². The fourth-order valence-electron chi connectivity index (χ4n) is 3.68. The number of guanidine groups is 1. The average molecular weight is 405 g/mol. The number of ether oxygens (including phenoxy) is 2. The van der Waals surface area contributed by atoms with Gasteiger partial charge in [-0.1, -0.05) is 38.1 Å². The van der Waals surface area contributed by atoms with Crippen LogP contribution in [-0.2, 0) is 22.6 Å². The van der Waals surface area contributed by atoms with Crippen molar-refractivity contribution in [3.63, 3.8) is 0 Å². The molecule has 1 atom stereocenters. The van der Waals surface area contributed by atoms with E-state index in [9.17, 15) is 0 Å². The molecule has 0 spiro atoms. The van der Waals surface area contributed by atoms with E-state index < -0.39 is 0 Å². The van der Waals surface area contributed by atoms with Crippen LogP contribution < -0.4 is 5.32 Å². The van der Waals surface area contributed by atoms with E-state index in [4.69, 9.17) is 14.5 Å². The van der Waals surface area contributed by atoms with Crippen molar-refractivity contribution in [2.45, 2.75) is 40.3 Å². The Labute approximate surface area is 177 Å². The average Bonchev–Trinajstić information content (AvgIpc) is 3.21. The van der Waals surface area contributed by atoms with Gasteiger partial charge in [-0.05, 0) is 37.6 Å². The molecule has 2 rings (SSSR count). The summed E-state index contributed by atoms with van der Waals surface area (Å²) in [6.07, 6.45) is 1.15. The van der Waals surface area contributed by atoms with E-state index in [1.807, 2.05) is 0 Å². The highest BCUT2D eigenvalue weighted by molar-refractivity contribution is 5.80. The molecule has 6 heteroatoms. The summed E-state index contributed by atoms with van der Waals surface area (Å²) in [6, 6.07) is 8.84. The summed E-state index contributed by atoms with van der Waals surface area (Å²) < 4.78 is 10.8. The zero-order chi connectivity index (χ0) is 20.9. The quantitative estimate of drug-likeness (QED) is 0.330. The van der Waals surface area contributed by atoms with E-state index in [1.54, 1.807) is 7.11 Å². The molecule has 0 saturated carbocycles. The zero-order valence-corrected chi connectivity index (χ0v) is 18.8. The molecule has 0 aromatic heterocycles. The molecule has 1 aliphatic heterocycles. The Morgan fingerprint density at radius 2 is 2.00 bits per heavy atom. The zero-order valence-electron chi connectivity index (χ0n) is 18.8. The first-order valence-corrected chi connectivity index (χ1v) is 11.1. The second-order valence-electron chi connectivity index (χ2n) is 7.62. The molecule has 164 valence electrons. The fraction of sp³-hybridized carbons (Fsp3) is 0.696. The van der Waals surface area contributed by atoms with Crippen LogP contribution in [0.15, 0.2) is 29.3 Å².